The fourth-order valence-electron chi connectivity index (χ4n) is 2.68. The molecular weight excluding hydrogens is 304 g/mol. The van der Waals surface area contributed by atoms with Crippen LogP contribution < -0.4 is 0 Å². The molecule has 1 N–H and O–H groups in total. The highest BCUT2D eigenvalue weighted by Crippen LogP contribution is 2.25. The molecule has 0 fully saturated rings. The Morgan fingerprint density at radius 1 is 1.12 bits per heavy atom. The Morgan fingerprint density at radius 3 is 2.67 bits per heavy atom. The summed E-state index contributed by atoms with van der Waals surface area (Å²) in [5.74, 6) is -0.348. The fraction of sp³-hybridized carbons (Fsp3) is 0.0556. The summed E-state index contributed by atoms with van der Waals surface area (Å²) >= 11 is 0. The lowest BCUT2D eigenvalue weighted by atomic mass is 10.1. The molecule has 0 aliphatic rings. The van der Waals surface area contributed by atoms with Crippen LogP contribution in [-0.2, 0) is 4.74 Å². The molecule has 0 bridgehead atoms. The third-order valence-corrected chi connectivity index (χ3v) is 3.95. The first-order chi connectivity index (χ1) is 11.8. The number of imidazole rings is 1. The molecule has 0 atom stereocenters. The Bertz CT molecular complexity index is 1000. The van der Waals surface area contributed by atoms with Crippen molar-refractivity contribution in [2.45, 2.75) is 0 Å². The van der Waals surface area contributed by atoms with Crippen LogP contribution in [0.4, 0.5) is 0 Å². The lowest BCUT2D eigenvalue weighted by Crippen LogP contribution is -2.01. The van der Waals surface area contributed by atoms with Gasteiger partial charge in [-0.2, -0.15) is 5.10 Å². The molecule has 0 spiro atoms. The van der Waals surface area contributed by atoms with Crippen LogP contribution in [0, 0.1) is 0 Å². The number of aromatic nitrogens is 4. The van der Waals surface area contributed by atoms with Crippen LogP contribution in [0.25, 0.3) is 27.8 Å². The average Bonchev–Trinajstić information content (AvgIpc) is 3.30. The van der Waals surface area contributed by atoms with Crippen molar-refractivity contribution in [2.24, 2.45) is 0 Å². The molecule has 118 valence electrons. The van der Waals surface area contributed by atoms with Gasteiger partial charge in [0.15, 0.2) is 0 Å². The molecule has 0 aliphatic carbocycles. The Hall–Kier alpha value is -3.41. The molecular formula is C18H14N4O2. The van der Waals surface area contributed by atoms with Gasteiger partial charge in [-0.05, 0) is 42.0 Å². The van der Waals surface area contributed by atoms with Crippen LogP contribution in [0.2, 0.25) is 0 Å². The number of methoxy groups -OCH3 is 1. The van der Waals surface area contributed by atoms with Gasteiger partial charge < -0.3 is 4.74 Å². The number of H-pyrrole nitrogens is 1. The van der Waals surface area contributed by atoms with Gasteiger partial charge in [0.1, 0.15) is 6.33 Å². The van der Waals surface area contributed by atoms with Crippen molar-refractivity contribution in [1.29, 1.82) is 0 Å². The minimum Gasteiger partial charge on any atom is -0.465 e. The van der Waals surface area contributed by atoms with Gasteiger partial charge in [-0.1, -0.05) is 6.07 Å². The van der Waals surface area contributed by atoms with Crippen molar-refractivity contribution in [3.05, 3.63) is 66.7 Å². The van der Waals surface area contributed by atoms with Crippen molar-refractivity contribution in [3.63, 3.8) is 0 Å². The molecule has 4 rings (SSSR count). The summed E-state index contributed by atoms with van der Waals surface area (Å²) in [6, 6.07) is 13.3. The highest BCUT2D eigenvalue weighted by atomic mass is 16.5. The Kier molecular flexibility index (Phi) is 3.35. The predicted octanol–water partition coefficient (Wildman–Crippen LogP) is 3.20. The summed E-state index contributed by atoms with van der Waals surface area (Å²) in [4.78, 5) is 16.0. The molecule has 6 nitrogen and oxygen atoms in total. The first kappa shape index (κ1) is 14.2. The smallest absolute Gasteiger partial charge is 0.337 e. The van der Waals surface area contributed by atoms with Gasteiger partial charge in [0.05, 0.1) is 29.9 Å². The van der Waals surface area contributed by atoms with E-state index in [2.05, 4.69) is 21.2 Å². The summed E-state index contributed by atoms with van der Waals surface area (Å²) in [7, 11) is 1.37. The van der Waals surface area contributed by atoms with Crippen molar-refractivity contribution < 1.29 is 9.53 Å². The Labute approximate surface area is 137 Å². The summed E-state index contributed by atoms with van der Waals surface area (Å²) in [5.41, 5.74) is 5.41. The van der Waals surface area contributed by atoms with E-state index in [-0.39, 0.29) is 5.97 Å². The second-order valence-electron chi connectivity index (χ2n) is 5.34. The number of carbonyl (C=O) groups is 1. The quantitative estimate of drug-likeness (QED) is 0.589. The van der Waals surface area contributed by atoms with E-state index in [4.69, 9.17) is 4.74 Å². The second-order valence-corrected chi connectivity index (χ2v) is 5.34. The minimum absolute atomic E-state index is 0.348. The lowest BCUT2D eigenvalue weighted by molar-refractivity contribution is 0.0601. The molecule has 2 aromatic heterocycles. The van der Waals surface area contributed by atoms with Gasteiger partial charge in [-0.25, -0.2) is 9.78 Å². The predicted molar refractivity (Wildman–Crippen MR) is 90.0 cm³/mol. The Balaban J connectivity index is 1.79. The van der Waals surface area contributed by atoms with E-state index in [0.29, 0.717) is 5.56 Å². The average molecular weight is 318 g/mol. The Morgan fingerprint density at radius 2 is 1.96 bits per heavy atom. The molecule has 2 aromatic carbocycles. The topological polar surface area (TPSA) is 72.8 Å². The molecule has 4 aromatic rings. The van der Waals surface area contributed by atoms with Crippen molar-refractivity contribution in [2.75, 3.05) is 7.11 Å². The van der Waals surface area contributed by atoms with Gasteiger partial charge >= 0.3 is 5.97 Å². The highest BCUT2D eigenvalue weighted by Gasteiger charge is 2.09. The first-order valence-electron chi connectivity index (χ1n) is 7.41. The first-order valence-corrected chi connectivity index (χ1v) is 7.41. The molecule has 0 saturated carbocycles. The van der Waals surface area contributed by atoms with E-state index in [1.807, 2.05) is 35.0 Å². The summed E-state index contributed by atoms with van der Waals surface area (Å²) in [5, 5.41) is 6.81. The van der Waals surface area contributed by atoms with E-state index < -0.39 is 0 Å². The zero-order valence-electron chi connectivity index (χ0n) is 12.9. The number of nitrogens with one attached hydrogen (secondary N) is 1. The van der Waals surface area contributed by atoms with Crippen LogP contribution >= 0.6 is 0 Å². The monoisotopic (exact) mass is 318 g/mol. The van der Waals surface area contributed by atoms with Gasteiger partial charge in [-0.15, -0.1) is 0 Å². The van der Waals surface area contributed by atoms with E-state index in [1.165, 1.54) is 7.11 Å². The largest absolute Gasteiger partial charge is 0.465 e. The second kappa shape index (κ2) is 5.66. The molecule has 0 radical (unpaired) electrons. The highest BCUT2D eigenvalue weighted by molar-refractivity contribution is 5.89. The van der Waals surface area contributed by atoms with Crippen molar-refractivity contribution >= 4 is 17.0 Å². The number of ether oxygens (including phenoxy) is 1. The number of benzene rings is 2. The van der Waals surface area contributed by atoms with Crippen LogP contribution in [0.15, 0.2) is 61.2 Å². The molecule has 2 heterocycles. The molecule has 0 saturated heterocycles. The fourth-order valence-corrected chi connectivity index (χ4v) is 2.68. The van der Waals surface area contributed by atoms with Gasteiger partial charge in [0.2, 0.25) is 0 Å². The molecule has 6 heteroatoms. The number of nitrogens with zero attached hydrogens (tertiary/aromatic N) is 3. The number of hydrogen-bond acceptors (Lipinski definition) is 4. The standard InChI is InChI=1S/C18H14N4O2/c1-24-18(23)12-2-5-15(6-3-12)22-11-19-16-7-4-13(8-17(16)22)14-9-20-21-10-14/h2-11H,1H3,(H,20,21). The summed E-state index contributed by atoms with van der Waals surface area (Å²) < 4.78 is 6.71. The molecule has 0 amide bonds. The number of rotatable bonds is 3. The molecule has 0 unspecified atom stereocenters. The van der Waals surface area contributed by atoms with E-state index in [1.54, 1.807) is 24.7 Å². The molecule has 24 heavy (non-hydrogen) atoms. The summed E-state index contributed by atoms with van der Waals surface area (Å²) in [6.45, 7) is 0. The maximum absolute atomic E-state index is 11.5. The van der Waals surface area contributed by atoms with E-state index in [9.17, 15) is 4.79 Å². The van der Waals surface area contributed by atoms with Gasteiger partial charge in [-0.3, -0.25) is 9.67 Å². The zero-order valence-corrected chi connectivity index (χ0v) is 12.9. The van der Waals surface area contributed by atoms with Gasteiger partial charge in [0, 0.05) is 17.4 Å². The van der Waals surface area contributed by atoms with Crippen LogP contribution in [0.1, 0.15) is 10.4 Å². The zero-order chi connectivity index (χ0) is 16.5. The minimum atomic E-state index is -0.348. The summed E-state index contributed by atoms with van der Waals surface area (Å²) in [6.07, 6.45) is 5.41. The van der Waals surface area contributed by atoms with Crippen LogP contribution in [0.5, 0.6) is 0 Å². The number of esters is 1. The van der Waals surface area contributed by atoms with E-state index in [0.717, 1.165) is 27.8 Å². The SMILES string of the molecule is COC(=O)c1ccc(-n2cnc3ccc(-c4cn[nH]c4)cc32)cc1. The normalized spacial score (nSPS) is 10.9. The maximum Gasteiger partial charge on any atom is 0.337 e. The van der Waals surface area contributed by atoms with Crippen LogP contribution in [-0.4, -0.2) is 32.8 Å². The van der Waals surface area contributed by atoms with Crippen molar-refractivity contribution in [3.8, 4) is 16.8 Å². The number of aromatic amines is 1. The number of fused-ring (bicyclic) bond motifs is 1. The van der Waals surface area contributed by atoms with Crippen molar-refractivity contribution in [1.82, 2.24) is 19.7 Å². The maximum atomic E-state index is 11.5. The number of hydrogen-bond donors (Lipinski definition) is 1. The van der Waals surface area contributed by atoms with E-state index >= 15 is 0 Å². The van der Waals surface area contributed by atoms with Crippen LogP contribution in [0.3, 0.4) is 0 Å². The number of carbonyl (C=O) groups excluding carboxylic acids is 1. The third kappa shape index (κ3) is 2.34. The van der Waals surface area contributed by atoms with Gasteiger partial charge in [0.25, 0.3) is 0 Å². The molecule has 0 aliphatic heterocycles. The lowest BCUT2D eigenvalue weighted by Gasteiger charge is -2.06. The third-order valence-electron chi connectivity index (χ3n) is 3.95.